The van der Waals surface area contributed by atoms with Gasteiger partial charge in [0.2, 0.25) is 0 Å². The minimum Gasteiger partial charge on any atom is -0.299 e. The minimum absolute atomic E-state index is 0.319. The van der Waals surface area contributed by atoms with Crippen LogP contribution in [0.25, 0.3) is 0 Å². The lowest BCUT2D eigenvalue weighted by Gasteiger charge is -2.30. The van der Waals surface area contributed by atoms with E-state index in [1.54, 1.807) is 0 Å². The van der Waals surface area contributed by atoms with E-state index < -0.39 is 0 Å². The summed E-state index contributed by atoms with van der Waals surface area (Å²) < 4.78 is 0. The quantitative estimate of drug-likeness (QED) is 0.478. The average Bonchev–Trinajstić information content (AvgIpc) is 2.91. The Morgan fingerprint density at radius 1 is 0.778 bits per heavy atom. The van der Waals surface area contributed by atoms with E-state index in [4.69, 9.17) is 0 Å². The number of hydrogen-bond acceptors (Lipinski definition) is 2. The van der Waals surface area contributed by atoms with Gasteiger partial charge in [0, 0.05) is 25.2 Å². The summed E-state index contributed by atoms with van der Waals surface area (Å²) in [5.74, 6) is 2.90. The molecule has 2 heteroatoms. The van der Waals surface area contributed by atoms with Crippen LogP contribution in [0.15, 0.2) is 30.3 Å². The maximum atomic E-state index is 12.7. The number of carbonyl (C=O) groups excluding carboxylic acids is 2. The SMILES string of the molecule is O=C(CCCCCC(=O)C1CCCC2CCCCC2C1)Cc1ccccc1. The Bertz CT molecular complexity index is 592. The Labute approximate surface area is 165 Å². The fourth-order valence-electron chi connectivity index (χ4n) is 5.29. The first-order valence-corrected chi connectivity index (χ1v) is 11.3. The van der Waals surface area contributed by atoms with Gasteiger partial charge in [-0.25, -0.2) is 0 Å². The van der Waals surface area contributed by atoms with Crippen LogP contribution >= 0.6 is 0 Å². The molecule has 0 radical (unpaired) electrons. The molecular formula is C25H36O2. The van der Waals surface area contributed by atoms with E-state index in [2.05, 4.69) is 0 Å². The van der Waals surface area contributed by atoms with E-state index in [0.29, 0.717) is 30.3 Å². The molecule has 2 fully saturated rings. The topological polar surface area (TPSA) is 34.1 Å². The minimum atomic E-state index is 0.319. The third kappa shape index (κ3) is 6.59. The van der Waals surface area contributed by atoms with Crippen molar-refractivity contribution in [3.05, 3.63) is 35.9 Å². The lowest BCUT2D eigenvalue weighted by molar-refractivity contribution is -0.123. The molecule has 2 aliphatic rings. The molecule has 0 aromatic heterocycles. The van der Waals surface area contributed by atoms with E-state index >= 15 is 0 Å². The van der Waals surface area contributed by atoms with Gasteiger partial charge in [0.15, 0.2) is 0 Å². The molecule has 0 N–H and O–H groups in total. The highest BCUT2D eigenvalue weighted by Gasteiger charge is 2.32. The number of unbranched alkanes of at least 4 members (excludes halogenated alkanes) is 2. The van der Waals surface area contributed by atoms with Gasteiger partial charge in [0.05, 0.1) is 0 Å². The molecule has 0 bridgehead atoms. The summed E-state index contributed by atoms with van der Waals surface area (Å²) in [6.07, 6.45) is 15.3. The first kappa shape index (κ1) is 20.3. The summed E-state index contributed by atoms with van der Waals surface area (Å²) in [6, 6.07) is 9.97. The summed E-state index contributed by atoms with van der Waals surface area (Å²) in [5, 5.41) is 0. The number of rotatable bonds is 9. The van der Waals surface area contributed by atoms with Crippen LogP contribution in [0.5, 0.6) is 0 Å². The van der Waals surface area contributed by atoms with Crippen LogP contribution in [0.3, 0.4) is 0 Å². The third-order valence-electron chi connectivity index (χ3n) is 6.86. The van der Waals surface area contributed by atoms with Crippen LogP contribution in [-0.2, 0) is 16.0 Å². The molecule has 0 aliphatic heterocycles. The Balaban J connectivity index is 1.30. The Kier molecular flexibility index (Phi) is 8.10. The van der Waals surface area contributed by atoms with Gasteiger partial charge in [-0.3, -0.25) is 9.59 Å². The number of hydrogen-bond donors (Lipinski definition) is 0. The fraction of sp³-hybridized carbons (Fsp3) is 0.680. The van der Waals surface area contributed by atoms with E-state index in [9.17, 15) is 9.59 Å². The van der Waals surface area contributed by atoms with Crippen LogP contribution in [-0.4, -0.2) is 11.6 Å². The second kappa shape index (κ2) is 10.8. The zero-order chi connectivity index (χ0) is 18.9. The van der Waals surface area contributed by atoms with E-state index in [1.165, 1.54) is 44.9 Å². The summed E-state index contributed by atoms with van der Waals surface area (Å²) in [6.45, 7) is 0. The number of fused-ring (bicyclic) bond motifs is 1. The maximum absolute atomic E-state index is 12.7. The largest absolute Gasteiger partial charge is 0.299 e. The van der Waals surface area contributed by atoms with Crippen molar-refractivity contribution in [2.75, 3.05) is 0 Å². The van der Waals surface area contributed by atoms with E-state index in [1.807, 2.05) is 30.3 Å². The van der Waals surface area contributed by atoms with Gasteiger partial charge >= 0.3 is 0 Å². The standard InChI is InChI=1S/C25H36O2/c26-24(18-20-10-3-1-4-11-20)16-5-2-6-17-25(27)23-15-9-14-21-12-7-8-13-22(21)19-23/h1,3-4,10-11,21-23H,2,5-9,12-19H2. The highest BCUT2D eigenvalue weighted by Crippen LogP contribution is 2.41. The lowest BCUT2D eigenvalue weighted by Crippen LogP contribution is -2.22. The molecule has 2 aliphatic carbocycles. The normalized spacial score (nSPS) is 25.4. The first-order chi connectivity index (χ1) is 13.2. The van der Waals surface area contributed by atoms with Crippen molar-refractivity contribution in [1.82, 2.24) is 0 Å². The van der Waals surface area contributed by atoms with Crippen molar-refractivity contribution in [2.45, 2.75) is 89.9 Å². The van der Waals surface area contributed by atoms with Gasteiger partial charge in [0.25, 0.3) is 0 Å². The first-order valence-electron chi connectivity index (χ1n) is 11.3. The van der Waals surface area contributed by atoms with Crippen LogP contribution in [0.4, 0.5) is 0 Å². The number of Topliss-reactive ketones (excluding diaryl/α,β-unsaturated/α-hetero) is 2. The molecule has 3 atom stereocenters. The smallest absolute Gasteiger partial charge is 0.137 e. The van der Waals surface area contributed by atoms with Gasteiger partial charge in [-0.1, -0.05) is 75.3 Å². The predicted octanol–water partition coefficient (Wildman–Crippen LogP) is 6.31. The summed E-state index contributed by atoms with van der Waals surface area (Å²) in [7, 11) is 0. The van der Waals surface area contributed by atoms with Crippen LogP contribution in [0, 0.1) is 17.8 Å². The molecule has 1 aromatic rings. The predicted molar refractivity (Wildman–Crippen MR) is 111 cm³/mol. The van der Waals surface area contributed by atoms with Crippen molar-refractivity contribution in [3.8, 4) is 0 Å². The average molecular weight is 369 g/mol. The molecule has 0 saturated heterocycles. The Morgan fingerprint density at radius 2 is 1.48 bits per heavy atom. The molecule has 148 valence electrons. The zero-order valence-corrected chi connectivity index (χ0v) is 16.8. The third-order valence-corrected chi connectivity index (χ3v) is 6.86. The summed E-state index contributed by atoms with van der Waals surface area (Å²) in [4.78, 5) is 24.8. The summed E-state index contributed by atoms with van der Waals surface area (Å²) in [5.41, 5.74) is 1.10. The molecule has 3 rings (SSSR count). The highest BCUT2D eigenvalue weighted by molar-refractivity contribution is 5.81. The molecule has 0 spiro atoms. The van der Waals surface area contributed by atoms with Crippen molar-refractivity contribution < 1.29 is 9.59 Å². The fourth-order valence-corrected chi connectivity index (χ4v) is 5.29. The van der Waals surface area contributed by atoms with Crippen molar-refractivity contribution >= 4 is 11.6 Å². The Hall–Kier alpha value is -1.44. The van der Waals surface area contributed by atoms with E-state index in [-0.39, 0.29) is 0 Å². The summed E-state index contributed by atoms with van der Waals surface area (Å²) >= 11 is 0. The van der Waals surface area contributed by atoms with Crippen molar-refractivity contribution in [3.63, 3.8) is 0 Å². The monoisotopic (exact) mass is 368 g/mol. The van der Waals surface area contributed by atoms with Crippen molar-refractivity contribution in [1.29, 1.82) is 0 Å². The molecule has 2 saturated carbocycles. The molecule has 0 amide bonds. The van der Waals surface area contributed by atoms with Gasteiger partial charge < -0.3 is 0 Å². The van der Waals surface area contributed by atoms with Crippen LogP contribution < -0.4 is 0 Å². The molecule has 3 unspecified atom stereocenters. The molecule has 27 heavy (non-hydrogen) atoms. The number of ketones is 2. The van der Waals surface area contributed by atoms with Gasteiger partial charge in [-0.05, 0) is 43.1 Å². The molecule has 2 nitrogen and oxygen atoms in total. The van der Waals surface area contributed by atoms with Gasteiger partial charge in [0.1, 0.15) is 11.6 Å². The maximum Gasteiger partial charge on any atom is 0.137 e. The zero-order valence-electron chi connectivity index (χ0n) is 16.8. The van der Waals surface area contributed by atoms with E-state index in [0.717, 1.165) is 49.5 Å². The van der Waals surface area contributed by atoms with Crippen molar-refractivity contribution in [2.24, 2.45) is 17.8 Å². The second-order valence-electron chi connectivity index (χ2n) is 8.90. The number of carbonyl (C=O) groups is 2. The number of benzene rings is 1. The second-order valence-corrected chi connectivity index (χ2v) is 8.90. The molecule has 0 heterocycles. The van der Waals surface area contributed by atoms with Gasteiger partial charge in [-0.2, -0.15) is 0 Å². The van der Waals surface area contributed by atoms with Gasteiger partial charge in [-0.15, -0.1) is 0 Å². The Morgan fingerprint density at radius 3 is 2.30 bits per heavy atom. The molecular weight excluding hydrogens is 332 g/mol. The van der Waals surface area contributed by atoms with Crippen LogP contribution in [0.2, 0.25) is 0 Å². The highest BCUT2D eigenvalue weighted by atomic mass is 16.1. The van der Waals surface area contributed by atoms with Crippen LogP contribution in [0.1, 0.15) is 89.0 Å². The lowest BCUT2D eigenvalue weighted by atomic mass is 9.75. The molecule has 1 aromatic carbocycles.